The molecule has 4 N–H and O–H groups in total. The zero-order valence-electron chi connectivity index (χ0n) is 10.4. The van der Waals surface area contributed by atoms with Gasteiger partial charge in [0.05, 0.1) is 12.7 Å². The van der Waals surface area contributed by atoms with Crippen LogP contribution in [-0.4, -0.2) is 12.3 Å². The summed E-state index contributed by atoms with van der Waals surface area (Å²) in [6.45, 7) is 1.12. The fraction of sp³-hybridized carbons (Fsp3) is 0.200. The quantitative estimate of drug-likeness (QED) is 0.760. The summed E-state index contributed by atoms with van der Waals surface area (Å²) >= 11 is 1.93. The van der Waals surface area contributed by atoms with Crippen LogP contribution in [0.25, 0.3) is 6.08 Å². The van der Waals surface area contributed by atoms with E-state index >= 15 is 0 Å². The van der Waals surface area contributed by atoms with Crippen LogP contribution >= 0.6 is 11.8 Å². The second-order valence-corrected chi connectivity index (χ2v) is 5.39. The number of anilines is 1. The molecule has 0 radical (unpaired) electrons. The van der Waals surface area contributed by atoms with Crippen molar-refractivity contribution in [3.63, 3.8) is 0 Å². The lowest BCUT2D eigenvalue weighted by Crippen LogP contribution is -2.78. The zero-order chi connectivity index (χ0) is 12.6. The molecule has 0 atom stereocenters. The summed E-state index contributed by atoms with van der Waals surface area (Å²) in [5, 5.41) is 2.21. The van der Waals surface area contributed by atoms with Gasteiger partial charge >= 0.3 is 0 Å². The number of thioether (sulfide) groups is 1. The Morgan fingerprint density at radius 3 is 2.83 bits per heavy atom. The van der Waals surface area contributed by atoms with Gasteiger partial charge in [-0.25, -0.2) is 0 Å². The molecule has 1 aliphatic rings. The number of nitrogen functional groups attached to an aromatic ring is 1. The van der Waals surface area contributed by atoms with Crippen molar-refractivity contribution in [1.29, 1.82) is 0 Å². The Morgan fingerprint density at radius 2 is 2.00 bits per heavy atom. The van der Waals surface area contributed by atoms with E-state index in [2.05, 4.69) is 48.0 Å². The summed E-state index contributed by atoms with van der Waals surface area (Å²) in [7, 11) is 0. The zero-order valence-corrected chi connectivity index (χ0v) is 11.2. The van der Waals surface area contributed by atoms with Gasteiger partial charge in [0.25, 0.3) is 0 Å². The molecule has 2 nitrogen and oxygen atoms in total. The van der Waals surface area contributed by atoms with E-state index in [1.807, 2.05) is 23.9 Å². The Labute approximate surface area is 113 Å². The van der Waals surface area contributed by atoms with Gasteiger partial charge in [-0.3, -0.25) is 0 Å². The van der Waals surface area contributed by atoms with Crippen molar-refractivity contribution in [2.45, 2.75) is 6.42 Å². The van der Waals surface area contributed by atoms with E-state index < -0.39 is 0 Å². The maximum atomic E-state index is 5.69. The second kappa shape index (κ2) is 7.09. The largest absolute Gasteiger partial charge is 0.399 e. The Bertz CT molecular complexity index is 458. The smallest absolute Gasteiger partial charge is 0.0925 e. The monoisotopic (exact) mass is 259 g/mol. The molecular formula is C15H19N2S+. The highest BCUT2D eigenvalue weighted by Crippen LogP contribution is 2.23. The van der Waals surface area contributed by atoms with Gasteiger partial charge in [-0.2, -0.15) is 0 Å². The average Bonchev–Trinajstić information content (AvgIpc) is 2.40. The minimum atomic E-state index is 0.815. The highest BCUT2D eigenvalue weighted by Gasteiger charge is 1.99. The molecule has 2 rings (SSSR count). The number of quaternary nitrogens is 1. The molecule has 1 aromatic rings. The maximum Gasteiger partial charge on any atom is 0.0925 e. The Kier molecular flexibility index (Phi) is 5.12. The van der Waals surface area contributed by atoms with E-state index in [-0.39, 0.29) is 0 Å². The first-order valence-corrected chi connectivity index (χ1v) is 7.17. The second-order valence-electron chi connectivity index (χ2n) is 4.17. The fourth-order valence-electron chi connectivity index (χ4n) is 1.70. The molecule has 3 heteroatoms. The van der Waals surface area contributed by atoms with Crippen molar-refractivity contribution in [1.82, 2.24) is 0 Å². The lowest BCUT2D eigenvalue weighted by Gasteiger charge is -2.05. The first kappa shape index (κ1) is 13.0. The number of hydrogen-bond acceptors (Lipinski definition) is 2. The molecule has 0 amide bonds. The summed E-state index contributed by atoms with van der Waals surface area (Å²) in [4.78, 5) is 1.40. The van der Waals surface area contributed by atoms with E-state index in [1.165, 1.54) is 10.5 Å². The van der Waals surface area contributed by atoms with Crippen molar-refractivity contribution >= 4 is 23.5 Å². The first-order valence-electron chi connectivity index (χ1n) is 6.18. The first-order chi connectivity index (χ1) is 8.84. The molecule has 1 aliphatic heterocycles. The molecule has 0 fully saturated rings. The number of nitrogens with two attached hydrogens (primary N) is 2. The molecule has 0 bridgehead atoms. The van der Waals surface area contributed by atoms with Crippen molar-refractivity contribution in [2.24, 2.45) is 0 Å². The normalized spacial score (nSPS) is 22.6. The number of rotatable bonds is 1. The number of benzene rings is 1. The average molecular weight is 259 g/mol. The molecule has 0 aliphatic carbocycles. The number of allylic oxidation sites excluding steroid dienone is 4. The van der Waals surface area contributed by atoms with Gasteiger partial charge in [0.1, 0.15) is 0 Å². The van der Waals surface area contributed by atoms with Crippen molar-refractivity contribution in [3.8, 4) is 0 Å². The topological polar surface area (TPSA) is 42.6 Å². The van der Waals surface area contributed by atoms with Gasteiger partial charge in [0.15, 0.2) is 0 Å². The lowest BCUT2D eigenvalue weighted by molar-refractivity contribution is -0.583. The standard InChI is InChI=1S/C15H18N2S/c16-14-7-5-13(6-8-14)12-15-4-2-1-3-9-17-10-11-18-15/h1-3,5-9,12,17H,4,10-11,16H2/p+1/b2-1-,9-3-,15-12-. The van der Waals surface area contributed by atoms with Crippen LogP contribution in [0.1, 0.15) is 12.0 Å². The van der Waals surface area contributed by atoms with Gasteiger partial charge < -0.3 is 11.1 Å². The highest BCUT2D eigenvalue weighted by atomic mass is 32.2. The molecule has 0 unspecified atom stereocenters. The molecule has 18 heavy (non-hydrogen) atoms. The minimum absolute atomic E-state index is 0.815. The maximum absolute atomic E-state index is 5.69. The van der Waals surface area contributed by atoms with Gasteiger partial charge in [-0.15, -0.1) is 11.8 Å². The van der Waals surface area contributed by atoms with Crippen LogP contribution < -0.4 is 11.1 Å². The van der Waals surface area contributed by atoms with Crippen LogP contribution in [-0.2, 0) is 0 Å². The van der Waals surface area contributed by atoms with Crippen LogP contribution in [0.15, 0.2) is 53.6 Å². The molecule has 94 valence electrons. The summed E-state index contributed by atoms with van der Waals surface area (Å²) in [6, 6.07) is 8.03. The van der Waals surface area contributed by atoms with E-state index in [1.54, 1.807) is 0 Å². The third-order valence-electron chi connectivity index (χ3n) is 2.65. The van der Waals surface area contributed by atoms with E-state index in [4.69, 9.17) is 5.73 Å². The Morgan fingerprint density at radius 1 is 1.17 bits per heavy atom. The van der Waals surface area contributed by atoms with Gasteiger partial charge in [-0.1, -0.05) is 24.3 Å². The summed E-state index contributed by atoms with van der Waals surface area (Å²) in [5.74, 6) is 1.14. The molecule has 1 aromatic carbocycles. The number of hydrogen-bond donors (Lipinski definition) is 2. The van der Waals surface area contributed by atoms with Crippen LogP contribution in [0.2, 0.25) is 0 Å². The molecule has 0 aromatic heterocycles. The van der Waals surface area contributed by atoms with E-state index in [9.17, 15) is 0 Å². The third-order valence-corrected chi connectivity index (χ3v) is 3.74. The van der Waals surface area contributed by atoms with E-state index in [0.29, 0.717) is 0 Å². The third kappa shape index (κ3) is 4.43. The highest BCUT2D eigenvalue weighted by molar-refractivity contribution is 8.03. The minimum Gasteiger partial charge on any atom is -0.399 e. The molecule has 0 saturated carbocycles. The van der Waals surface area contributed by atoms with Crippen molar-refractivity contribution < 1.29 is 5.32 Å². The molecule has 0 saturated heterocycles. The van der Waals surface area contributed by atoms with Crippen molar-refractivity contribution in [3.05, 3.63) is 59.2 Å². The van der Waals surface area contributed by atoms with Crippen LogP contribution in [0.5, 0.6) is 0 Å². The Hall–Kier alpha value is -1.45. The molecule has 1 heterocycles. The predicted molar refractivity (Wildman–Crippen MR) is 81.0 cm³/mol. The van der Waals surface area contributed by atoms with Gasteiger partial charge in [0.2, 0.25) is 0 Å². The molecule has 0 spiro atoms. The summed E-state index contributed by atoms with van der Waals surface area (Å²) < 4.78 is 0. The van der Waals surface area contributed by atoms with Crippen LogP contribution in [0, 0.1) is 0 Å². The predicted octanol–water partition coefficient (Wildman–Crippen LogP) is 2.38. The van der Waals surface area contributed by atoms with Crippen molar-refractivity contribution in [2.75, 3.05) is 18.0 Å². The summed E-state index contributed by atoms with van der Waals surface area (Å²) in [6.07, 6.45) is 11.8. The SMILES string of the molecule is Nc1ccc(/C=C2/C/C=C\C=C/[NH2+]CCS2)cc1. The van der Waals surface area contributed by atoms with Gasteiger partial charge in [-0.05, 0) is 41.2 Å². The Balaban J connectivity index is 2.10. The summed E-state index contributed by atoms with van der Waals surface area (Å²) in [5.41, 5.74) is 7.73. The lowest BCUT2D eigenvalue weighted by atomic mass is 10.2. The van der Waals surface area contributed by atoms with Crippen LogP contribution in [0.4, 0.5) is 5.69 Å². The van der Waals surface area contributed by atoms with Crippen LogP contribution in [0.3, 0.4) is 0 Å². The van der Waals surface area contributed by atoms with E-state index in [0.717, 1.165) is 24.4 Å². The fourth-order valence-corrected chi connectivity index (χ4v) is 2.65. The van der Waals surface area contributed by atoms with Gasteiger partial charge in [0, 0.05) is 11.4 Å². The molecular weight excluding hydrogens is 240 g/mol.